The lowest BCUT2D eigenvalue weighted by Gasteiger charge is -2.19. The largest absolute Gasteiger partial charge is 0.465 e. The van der Waals surface area contributed by atoms with Gasteiger partial charge >= 0.3 is 5.97 Å². The zero-order chi connectivity index (χ0) is 15.7. The van der Waals surface area contributed by atoms with Crippen molar-refractivity contribution in [2.45, 2.75) is 32.1 Å². The summed E-state index contributed by atoms with van der Waals surface area (Å²) >= 11 is 1.65. The summed E-state index contributed by atoms with van der Waals surface area (Å²) in [5.41, 5.74) is 1.22. The molecule has 1 rings (SSSR count). The van der Waals surface area contributed by atoms with Gasteiger partial charge in [0.2, 0.25) is 5.91 Å². The zero-order valence-corrected chi connectivity index (χ0v) is 13.7. The first-order chi connectivity index (χ1) is 10.1. The number of thioether (sulfide) groups is 1. The number of rotatable bonds is 8. The molecule has 0 spiro atoms. The molecular weight excluding hydrogens is 286 g/mol. The van der Waals surface area contributed by atoms with Gasteiger partial charge in [-0.05, 0) is 32.9 Å². The van der Waals surface area contributed by atoms with Crippen LogP contribution in [0.15, 0.2) is 29.2 Å². The summed E-state index contributed by atoms with van der Waals surface area (Å²) in [5.74, 6) is 0.352. The number of carbonyl (C=O) groups is 2. The van der Waals surface area contributed by atoms with E-state index in [1.165, 1.54) is 10.5 Å². The highest BCUT2D eigenvalue weighted by atomic mass is 32.2. The van der Waals surface area contributed by atoms with Gasteiger partial charge in [-0.3, -0.25) is 9.59 Å². The molecule has 0 fully saturated rings. The second-order valence-corrected chi connectivity index (χ2v) is 5.79. The Kier molecular flexibility index (Phi) is 7.90. The number of hydrogen-bond acceptors (Lipinski definition) is 4. The van der Waals surface area contributed by atoms with E-state index in [2.05, 4.69) is 24.3 Å². The Hall–Kier alpha value is -1.49. The van der Waals surface area contributed by atoms with Crippen molar-refractivity contribution in [3.63, 3.8) is 0 Å². The van der Waals surface area contributed by atoms with Gasteiger partial charge in [0, 0.05) is 23.6 Å². The predicted molar refractivity (Wildman–Crippen MR) is 85.4 cm³/mol. The van der Waals surface area contributed by atoms with E-state index in [1.807, 2.05) is 13.8 Å². The highest BCUT2D eigenvalue weighted by Gasteiger charge is 2.15. The molecule has 0 bridgehead atoms. The number of benzene rings is 1. The van der Waals surface area contributed by atoms with Crippen LogP contribution >= 0.6 is 11.8 Å². The molecule has 5 heteroatoms. The van der Waals surface area contributed by atoms with E-state index < -0.39 is 0 Å². The molecule has 21 heavy (non-hydrogen) atoms. The average Bonchev–Trinajstić information content (AvgIpc) is 2.47. The van der Waals surface area contributed by atoms with E-state index >= 15 is 0 Å². The maximum absolute atomic E-state index is 12.1. The summed E-state index contributed by atoms with van der Waals surface area (Å²) < 4.78 is 4.87. The van der Waals surface area contributed by atoms with Crippen LogP contribution in [0.1, 0.15) is 25.8 Å². The molecule has 0 atom stereocenters. The Balaban J connectivity index is 2.36. The first kappa shape index (κ1) is 17.6. The zero-order valence-electron chi connectivity index (χ0n) is 12.9. The molecular formula is C16H23NO3S. The summed E-state index contributed by atoms with van der Waals surface area (Å²) in [6.45, 7) is 6.57. The molecule has 0 unspecified atom stereocenters. The topological polar surface area (TPSA) is 46.6 Å². The van der Waals surface area contributed by atoms with Crippen LogP contribution in [-0.4, -0.2) is 42.2 Å². The van der Waals surface area contributed by atoms with E-state index in [4.69, 9.17) is 4.74 Å². The Morgan fingerprint density at radius 3 is 2.43 bits per heavy atom. The van der Waals surface area contributed by atoms with Crippen LogP contribution in [-0.2, 0) is 14.3 Å². The lowest BCUT2D eigenvalue weighted by atomic mass is 10.2. The van der Waals surface area contributed by atoms with Crippen molar-refractivity contribution >= 4 is 23.6 Å². The third-order valence-electron chi connectivity index (χ3n) is 2.97. The number of esters is 1. The van der Waals surface area contributed by atoms with Crippen molar-refractivity contribution in [3.05, 3.63) is 29.8 Å². The number of ether oxygens (including phenoxy) is 1. The van der Waals surface area contributed by atoms with Gasteiger partial charge in [0.25, 0.3) is 0 Å². The third kappa shape index (κ3) is 6.67. The van der Waals surface area contributed by atoms with E-state index in [-0.39, 0.29) is 18.4 Å². The van der Waals surface area contributed by atoms with Crippen LogP contribution in [0.3, 0.4) is 0 Å². The maximum atomic E-state index is 12.1. The number of likely N-dealkylation sites (N-methyl/N-ethyl adjacent to an activating group) is 1. The summed E-state index contributed by atoms with van der Waals surface area (Å²) in [6, 6.07) is 8.23. The molecule has 0 aliphatic heterocycles. The van der Waals surface area contributed by atoms with Gasteiger partial charge in [0.15, 0.2) is 0 Å². The maximum Gasteiger partial charge on any atom is 0.325 e. The first-order valence-electron chi connectivity index (χ1n) is 7.19. The quantitative estimate of drug-likeness (QED) is 0.547. The van der Waals surface area contributed by atoms with Gasteiger partial charge in [-0.15, -0.1) is 11.8 Å². The van der Waals surface area contributed by atoms with Gasteiger partial charge in [-0.2, -0.15) is 0 Å². The van der Waals surface area contributed by atoms with E-state index in [0.29, 0.717) is 25.3 Å². The highest BCUT2D eigenvalue weighted by molar-refractivity contribution is 7.99. The number of nitrogens with zero attached hydrogens (tertiary/aromatic N) is 1. The molecule has 0 aliphatic carbocycles. The van der Waals surface area contributed by atoms with Crippen LogP contribution in [0.25, 0.3) is 0 Å². The third-order valence-corrected chi connectivity index (χ3v) is 3.98. The normalized spacial score (nSPS) is 10.2. The Morgan fingerprint density at radius 1 is 1.19 bits per heavy atom. The minimum atomic E-state index is -0.348. The Bertz CT molecular complexity index is 459. The molecule has 0 saturated carbocycles. The molecule has 0 radical (unpaired) electrons. The number of amides is 1. The van der Waals surface area contributed by atoms with Gasteiger partial charge in [0.05, 0.1) is 6.61 Å². The van der Waals surface area contributed by atoms with Crippen LogP contribution in [0, 0.1) is 6.92 Å². The molecule has 0 N–H and O–H groups in total. The fraction of sp³-hybridized carbons (Fsp3) is 0.500. The fourth-order valence-electron chi connectivity index (χ4n) is 1.79. The van der Waals surface area contributed by atoms with Gasteiger partial charge in [-0.1, -0.05) is 17.7 Å². The van der Waals surface area contributed by atoms with Crippen LogP contribution < -0.4 is 0 Å². The standard InChI is InChI=1S/C16H23NO3S/c1-4-17(12-16(19)20-5-2)15(18)10-11-21-14-8-6-13(3)7-9-14/h6-9H,4-5,10-12H2,1-3H3. The second-order valence-electron chi connectivity index (χ2n) is 4.62. The Labute approximate surface area is 130 Å². The predicted octanol–water partition coefficient (Wildman–Crippen LogP) is 2.89. The van der Waals surface area contributed by atoms with Crippen LogP contribution in [0.2, 0.25) is 0 Å². The molecule has 1 aromatic carbocycles. The summed E-state index contributed by atoms with van der Waals surface area (Å²) in [5, 5.41) is 0. The van der Waals surface area contributed by atoms with Crippen LogP contribution in [0.5, 0.6) is 0 Å². The number of hydrogen-bond donors (Lipinski definition) is 0. The molecule has 0 saturated heterocycles. The summed E-state index contributed by atoms with van der Waals surface area (Å²) in [7, 11) is 0. The van der Waals surface area contributed by atoms with Crippen molar-refractivity contribution in [2.24, 2.45) is 0 Å². The van der Waals surface area contributed by atoms with Crippen molar-refractivity contribution in [3.8, 4) is 0 Å². The highest BCUT2D eigenvalue weighted by Crippen LogP contribution is 2.19. The Morgan fingerprint density at radius 2 is 1.86 bits per heavy atom. The average molecular weight is 309 g/mol. The van der Waals surface area contributed by atoms with Crippen molar-refractivity contribution in [2.75, 3.05) is 25.4 Å². The molecule has 0 aromatic heterocycles. The summed E-state index contributed by atoms with van der Waals surface area (Å²) in [4.78, 5) is 26.2. The SMILES string of the molecule is CCOC(=O)CN(CC)C(=O)CCSc1ccc(C)cc1. The molecule has 1 aromatic rings. The van der Waals surface area contributed by atoms with E-state index in [0.717, 1.165) is 4.90 Å². The summed E-state index contributed by atoms with van der Waals surface area (Å²) in [6.07, 6.45) is 0.422. The van der Waals surface area contributed by atoms with Gasteiger partial charge < -0.3 is 9.64 Å². The fourth-order valence-corrected chi connectivity index (χ4v) is 2.63. The minimum absolute atomic E-state index is 0.00911. The molecule has 0 aliphatic rings. The van der Waals surface area contributed by atoms with E-state index in [1.54, 1.807) is 18.7 Å². The second kappa shape index (κ2) is 9.45. The first-order valence-corrected chi connectivity index (χ1v) is 8.18. The van der Waals surface area contributed by atoms with Crippen molar-refractivity contribution < 1.29 is 14.3 Å². The molecule has 116 valence electrons. The minimum Gasteiger partial charge on any atom is -0.465 e. The molecule has 4 nitrogen and oxygen atoms in total. The van der Waals surface area contributed by atoms with Crippen molar-refractivity contribution in [1.29, 1.82) is 0 Å². The smallest absolute Gasteiger partial charge is 0.325 e. The number of aryl methyl sites for hydroxylation is 1. The van der Waals surface area contributed by atoms with Gasteiger partial charge in [0.1, 0.15) is 6.54 Å². The van der Waals surface area contributed by atoms with Gasteiger partial charge in [-0.25, -0.2) is 0 Å². The monoisotopic (exact) mass is 309 g/mol. The lowest BCUT2D eigenvalue weighted by molar-refractivity contribution is -0.148. The van der Waals surface area contributed by atoms with E-state index in [9.17, 15) is 9.59 Å². The number of carbonyl (C=O) groups excluding carboxylic acids is 2. The van der Waals surface area contributed by atoms with Crippen LogP contribution in [0.4, 0.5) is 0 Å². The lowest BCUT2D eigenvalue weighted by Crippen LogP contribution is -2.36. The molecule has 0 heterocycles. The molecule has 1 amide bonds. The van der Waals surface area contributed by atoms with Crippen molar-refractivity contribution in [1.82, 2.24) is 4.90 Å².